The lowest BCUT2D eigenvalue weighted by molar-refractivity contribution is -0.145. The number of nitrogens with zero attached hydrogens (tertiary/aromatic N) is 2. The van der Waals surface area contributed by atoms with Crippen molar-refractivity contribution in [1.82, 2.24) is 9.88 Å². The molecule has 1 fully saturated rings. The average Bonchev–Trinajstić information content (AvgIpc) is 3.06. The highest BCUT2D eigenvalue weighted by atomic mass is 35.5. The summed E-state index contributed by atoms with van der Waals surface area (Å²) in [4.78, 5) is 31.1. The van der Waals surface area contributed by atoms with Crippen LogP contribution in [0.4, 0.5) is 9.18 Å². The molecule has 0 radical (unpaired) electrons. The molecule has 4 rings (SSSR count). The first-order valence-corrected chi connectivity index (χ1v) is 10.9. The number of aryl methyl sites for hydroxylation is 1. The quantitative estimate of drug-likeness (QED) is 0.451. The predicted molar refractivity (Wildman–Crippen MR) is 116 cm³/mol. The molecular weight excluding hydrogens is 439 g/mol. The summed E-state index contributed by atoms with van der Waals surface area (Å²) in [6.07, 6.45) is -0.105. The third-order valence-electron chi connectivity index (χ3n) is 5.81. The molecule has 2 aromatic rings. The van der Waals surface area contributed by atoms with Crippen molar-refractivity contribution < 1.29 is 28.2 Å². The Balaban J connectivity index is 1.74. The van der Waals surface area contributed by atoms with Crippen LogP contribution in [0.15, 0.2) is 18.2 Å². The van der Waals surface area contributed by atoms with Crippen molar-refractivity contribution in [3.63, 3.8) is 0 Å². The summed E-state index contributed by atoms with van der Waals surface area (Å²) in [6.45, 7) is 7.10. The lowest BCUT2D eigenvalue weighted by Gasteiger charge is -2.38. The lowest BCUT2D eigenvalue weighted by atomic mass is 9.87. The van der Waals surface area contributed by atoms with Crippen molar-refractivity contribution >= 4 is 34.6 Å². The number of fused-ring (bicyclic) bond motifs is 3. The van der Waals surface area contributed by atoms with Gasteiger partial charge in [-0.25, -0.2) is 19.0 Å². The van der Waals surface area contributed by atoms with E-state index >= 15 is 0 Å². The minimum Gasteiger partial charge on any atom is -0.483 e. The molecule has 1 spiro atoms. The summed E-state index contributed by atoms with van der Waals surface area (Å²) in [7, 11) is 1.27. The number of rotatable bonds is 1. The molecule has 1 aromatic carbocycles. The van der Waals surface area contributed by atoms with Crippen LogP contribution in [0.3, 0.4) is 0 Å². The summed E-state index contributed by atoms with van der Waals surface area (Å²) in [5.74, 6) is -0.520. The molecule has 7 nitrogen and oxygen atoms in total. The van der Waals surface area contributed by atoms with E-state index in [1.54, 1.807) is 39.8 Å². The number of benzene rings is 1. The zero-order valence-corrected chi connectivity index (χ0v) is 19.5. The van der Waals surface area contributed by atoms with Gasteiger partial charge < -0.3 is 14.2 Å². The third kappa shape index (κ3) is 3.85. The molecule has 1 saturated heterocycles. The van der Waals surface area contributed by atoms with Crippen LogP contribution in [0.2, 0.25) is 0 Å². The smallest absolute Gasteiger partial charge is 0.411 e. The maximum Gasteiger partial charge on any atom is 0.411 e. The Labute approximate surface area is 190 Å². The molecule has 9 heteroatoms. The van der Waals surface area contributed by atoms with Gasteiger partial charge >= 0.3 is 12.1 Å². The van der Waals surface area contributed by atoms with Crippen LogP contribution in [0.1, 0.15) is 50.2 Å². The van der Waals surface area contributed by atoms with E-state index in [2.05, 4.69) is 4.98 Å². The van der Waals surface area contributed by atoms with Crippen molar-refractivity contribution in [3.8, 4) is 5.75 Å². The lowest BCUT2D eigenvalue weighted by Crippen LogP contribution is -2.46. The number of ether oxygens (including phenoxy) is 3. The summed E-state index contributed by atoms with van der Waals surface area (Å²) in [5, 5.41) is 0.0635. The molecule has 1 unspecified atom stereocenters. The largest absolute Gasteiger partial charge is 0.483 e. The molecule has 2 aliphatic heterocycles. The standard InChI is InChI=1S/C23H26ClFN2O5/c1-12-19-17(13-7-6-8-15(25)18(13)26-12)14(24)9-23(31-19)10-16(20(28)30-5)27(11-23)21(29)32-22(2,3)4/h6-8,14,16H,9-11H2,1-5H3/t14?,16-,23-/m0/s1. The zero-order valence-electron chi connectivity index (χ0n) is 18.7. The number of aromatic nitrogens is 1. The Bertz CT molecular complexity index is 1100. The topological polar surface area (TPSA) is 78.0 Å². The Morgan fingerprint density at radius 1 is 1.31 bits per heavy atom. The minimum atomic E-state index is -0.928. The van der Waals surface area contributed by atoms with Crippen molar-refractivity contribution in [1.29, 1.82) is 0 Å². The van der Waals surface area contributed by atoms with Crippen molar-refractivity contribution in [3.05, 3.63) is 35.3 Å². The van der Waals surface area contributed by atoms with Crippen molar-refractivity contribution in [2.24, 2.45) is 0 Å². The van der Waals surface area contributed by atoms with Crippen LogP contribution in [0, 0.1) is 12.7 Å². The second-order valence-electron chi connectivity index (χ2n) is 9.38. The van der Waals surface area contributed by atoms with Gasteiger partial charge in [-0.1, -0.05) is 12.1 Å². The molecule has 0 N–H and O–H groups in total. The Morgan fingerprint density at radius 3 is 2.69 bits per heavy atom. The number of halogens is 2. The van der Waals surface area contributed by atoms with E-state index in [9.17, 15) is 14.0 Å². The molecule has 32 heavy (non-hydrogen) atoms. The van der Waals surface area contributed by atoms with Crippen LogP contribution < -0.4 is 4.74 Å². The summed E-state index contributed by atoms with van der Waals surface area (Å²) in [6, 6.07) is 3.85. The Morgan fingerprint density at radius 2 is 2.03 bits per heavy atom. The second-order valence-corrected chi connectivity index (χ2v) is 9.91. The molecule has 172 valence electrons. The SMILES string of the molecule is COC(=O)[C@@H]1C[C@@]2(CC(Cl)c3c(c(C)nc4c(F)cccc34)O2)CN1C(=O)OC(C)(C)C. The van der Waals surface area contributed by atoms with Crippen LogP contribution >= 0.6 is 11.6 Å². The fraction of sp³-hybridized carbons (Fsp3) is 0.522. The number of hydrogen-bond acceptors (Lipinski definition) is 6. The van der Waals surface area contributed by atoms with Gasteiger partial charge in [-0.2, -0.15) is 0 Å². The molecule has 1 amide bonds. The van der Waals surface area contributed by atoms with E-state index in [1.165, 1.54) is 18.1 Å². The first kappa shape index (κ1) is 22.6. The van der Waals surface area contributed by atoms with Crippen LogP contribution in [-0.2, 0) is 14.3 Å². The first-order valence-electron chi connectivity index (χ1n) is 10.4. The Kier molecular flexibility index (Phi) is 5.48. The number of methoxy groups -OCH3 is 1. The maximum atomic E-state index is 14.4. The number of carbonyl (C=O) groups excluding carboxylic acids is 2. The van der Waals surface area contributed by atoms with Gasteiger partial charge in [0.25, 0.3) is 0 Å². The molecule has 0 saturated carbocycles. The summed E-state index contributed by atoms with van der Waals surface area (Å²) >= 11 is 6.83. The number of carbonyl (C=O) groups is 2. The summed E-state index contributed by atoms with van der Waals surface area (Å²) in [5.41, 5.74) is -0.255. The van der Waals surface area contributed by atoms with Gasteiger partial charge in [0.15, 0.2) is 0 Å². The maximum absolute atomic E-state index is 14.4. The molecule has 2 aliphatic rings. The monoisotopic (exact) mass is 464 g/mol. The number of likely N-dealkylation sites (tertiary alicyclic amines) is 1. The van der Waals surface area contributed by atoms with E-state index in [4.69, 9.17) is 25.8 Å². The minimum absolute atomic E-state index is 0.102. The van der Waals surface area contributed by atoms with Gasteiger partial charge in [-0.05, 0) is 33.8 Å². The number of para-hydroxylation sites is 1. The van der Waals surface area contributed by atoms with Gasteiger partial charge in [-0.3, -0.25) is 4.90 Å². The van der Waals surface area contributed by atoms with E-state index < -0.39 is 40.5 Å². The number of pyridine rings is 1. The van der Waals surface area contributed by atoms with Crippen molar-refractivity contribution in [2.45, 2.75) is 63.2 Å². The highest BCUT2D eigenvalue weighted by Gasteiger charge is 2.55. The van der Waals surface area contributed by atoms with Gasteiger partial charge in [0.1, 0.15) is 34.3 Å². The predicted octanol–water partition coefficient (Wildman–Crippen LogP) is 4.67. The fourth-order valence-corrected chi connectivity index (χ4v) is 5.04. The molecule has 3 heterocycles. The fourth-order valence-electron chi connectivity index (χ4n) is 4.54. The van der Waals surface area contributed by atoms with Crippen LogP contribution in [0.25, 0.3) is 10.9 Å². The third-order valence-corrected chi connectivity index (χ3v) is 6.19. The molecule has 0 aliphatic carbocycles. The first-order chi connectivity index (χ1) is 14.9. The van der Waals surface area contributed by atoms with E-state index in [0.29, 0.717) is 28.8 Å². The van der Waals surface area contributed by atoms with E-state index in [-0.39, 0.29) is 18.5 Å². The molecular formula is C23H26ClFN2O5. The number of hydrogen-bond donors (Lipinski definition) is 0. The second kappa shape index (κ2) is 7.76. The normalized spacial score (nSPS) is 24.9. The van der Waals surface area contributed by atoms with Gasteiger partial charge in [0, 0.05) is 23.8 Å². The molecule has 1 aromatic heterocycles. The van der Waals surface area contributed by atoms with E-state index in [0.717, 1.165) is 0 Å². The highest BCUT2D eigenvalue weighted by Crippen LogP contribution is 2.51. The van der Waals surface area contributed by atoms with Gasteiger partial charge in [0.05, 0.1) is 24.7 Å². The van der Waals surface area contributed by atoms with Crippen LogP contribution in [0.5, 0.6) is 5.75 Å². The summed E-state index contributed by atoms with van der Waals surface area (Å²) < 4.78 is 31.2. The van der Waals surface area contributed by atoms with Crippen LogP contribution in [-0.4, -0.2) is 52.8 Å². The number of esters is 1. The zero-order chi connectivity index (χ0) is 23.4. The van der Waals surface area contributed by atoms with Gasteiger partial charge in [-0.15, -0.1) is 11.6 Å². The number of amides is 1. The van der Waals surface area contributed by atoms with Crippen molar-refractivity contribution in [2.75, 3.05) is 13.7 Å². The molecule has 0 bridgehead atoms. The Hall–Kier alpha value is -2.61. The number of alkyl halides is 1. The average molecular weight is 465 g/mol. The van der Waals surface area contributed by atoms with Gasteiger partial charge in [0.2, 0.25) is 0 Å². The molecule has 3 atom stereocenters. The van der Waals surface area contributed by atoms with E-state index in [1.807, 2.05) is 0 Å². The highest BCUT2D eigenvalue weighted by molar-refractivity contribution is 6.22.